The van der Waals surface area contributed by atoms with Crippen LogP contribution in [0.15, 0.2) is 245 Å². The highest BCUT2D eigenvalue weighted by Crippen LogP contribution is 2.40. The van der Waals surface area contributed by atoms with E-state index >= 15 is 0 Å². The topological polar surface area (TPSA) is 286 Å². The minimum absolute atomic E-state index is 0.0749. The number of aromatic amines is 1. The van der Waals surface area contributed by atoms with Crippen molar-refractivity contribution >= 4 is 172 Å². The molecule has 9 aromatic carbocycles. The van der Waals surface area contributed by atoms with Crippen LogP contribution >= 0.6 is 75.3 Å². The van der Waals surface area contributed by atoms with Gasteiger partial charge < -0.3 is 39.8 Å². The smallest absolute Gasteiger partial charge is 0.442 e. The van der Waals surface area contributed by atoms with E-state index in [9.17, 15) is 75.0 Å². The number of carbonyl (C=O) groups is 1. The molecule has 1 saturated heterocycles. The molecule has 1 fully saturated rings. The van der Waals surface area contributed by atoms with E-state index in [2.05, 4.69) is 145 Å². The maximum Gasteiger partial charge on any atom is 0.498 e. The van der Waals surface area contributed by atoms with E-state index in [4.69, 9.17) is 25.6 Å². The summed E-state index contributed by atoms with van der Waals surface area (Å²) in [6.07, 6.45) is -1.33. The standard InChI is InChI=1S/C25H23F4N5O2.C20H15F4N5.C17H12BrF4N3.C10H17BN2O2.C9H8BrN3.C8H4BrClN2.C8H5BrF4.CH5N/c1-24(2,3)36-23(35)34-14-17(11-31-34)16-6-8-20-21(10-16)30-12-22(32-20)33(4)13-15-5-7-19(26)18(9-15)25(27,28)29;1-29(11-12-2-4-16(21)15(6-12)20(22,23)24)19-10-25-18-7-13(3-5-17(18)28-19)14-8-26-27-9-14;1-25(9-10-2-4-13(19)12(6-10)17(20,21)22)16-8-23-15-7-11(18)3-5-14(15)24-16;1-9(2)10(3,4)15-11(14-9)8-6-12-13(5)7-8;1-11-9-5-12-8-4-6(10)2-3-7(8)13-9;9-5-1-2-6-7(3-5)11-4-8(10)12-6;9-4-5-1-2-7(10)6(3-5)8(11,12)13;1-2/h5-12,14H,13H2,1-4H3;2-10H,11H2,1H3,(H,26,27);2-8H,9H2,1H3;6-7H,1-5H3;2-5H,1H3,(H,11,13);1-4H;1-3H,4H2;2H2,1H3. The highest BCUT2D eigenvalue weighted by atomic mass is 79.9. The van der Waals surface area contributed by atoms with Crippen LogP contribution in [0, 0.1) is 23.3 Å². The highest BCUT2D eigenvalue weighted by molar-refractivity contribution is 9.11. The molecule has 0 saturated carbocycles. The number of halogens is 21. The lowest BCUT2D eigenvalue weighted by atomic mass is 9.82. The number of fused-ring (bicyclic) bond motifs is 5. The molecule has 0 aliphatic carbocycles. The van der Waals surface area contributed by atoms with E-state index in [1.807, 2.05) is 115 Å². The zero-order valence-electron chi connectivity index (χ0n) is 79.0. The summed E-state index contributed by atoms with van der Waals surface area (Å²) in [4.78, 5) is 60.6. The minimum atomic E-state index is -4.78. The molecule has 47 heteroatoms. The Morgan fingerprint density at radius 2 is 0.807 bits per heavy atom. The predicted molar refractivity (Wildman–Crippen MR) is 539 cm³/mol. The van der Waals surface area contributed by atoms with E-state index in [1.54, 1.807) is 135 Å². The third-order valence-corrected chi connectivity index (χ3v) is 23.6. The quantitative estimate of drug-likeness (QED) is 0.0518. The summed E-state index contributed by atoms with van der Waals surface area (Å²) in [5.74, 6) is -2.90. The molecule has 1 aliphatic rings. The number of alkyl halides is 13. The number of nitrogens with zero attached hydrogens (tertiary/aromatic N) is 18. The van der Waals surface area contributed by atoms with Gasteiger partial charge >= 0.3 is 37.9 Å². The number of nitrogens with two attached hydrogens (primary N) is 1. The van der Waals surface area contributed by atoms with Crippen LogP contribution in [0.25, 0.3) is 77.4 Å². The third-order valence-electron chi connectivity index (χ3n) is 21.3. The van der Waals surface area contributed by atoms with Crippen LogP contribution in [0.1, 0.15) is 93.0 Å². The third kappa shape index (κ3) is 30.8. The maximum atomic E-state index is 13.6. The second-order valence-corrected chi connectivity index (χ2v) is 37.5. The number of H-pyrrole nitrogens is 1. The monoisotopic (exact) mass is 2290 g/mol. The molecule has 145 heavy (non-hydrogen) atoms. The Balaban J connectivity index is 0.000000167. The molecule has 0 spiro atoms. The van der Waals surface area contributed by atoms with E-state index < -0.39 is 81.9 Å². The van der Waals surface area contributed by atoms with Crippen molar-refractivity contribution in [3.63, 3.8) is 0 Å². The van der Waals surface area contributed by atoms with Gasteiger partial charge in [-0.25, -0.2) is 47.3 Å². The fourth-order valence-electron chi connectivity index (χ4n) is 13.4. The molecule has 0 unspecified atom stereocenters. The normalized spacial score (nSPS) is 12.7. The van der Waals surface area contributed by atoms with Gasteiger partial charge in [0.15, 0.2) is 0 Å². The molecule has 0 bridgehead atoms. The van der Waals surface area contributed by atoms with Gasteiger partial charge in [-0.15, -0.1) is 0 Å². The molecule has 8 aromatic heterocycles. The van der Waals surface area contributed by atoms with Gasteiger partial charge in [-0.3, -0.25) is 34.7 Å². The van der Waals surface area contributed by atoms with Crippen LogP contribution in [-0.2, 0) is 70.8 Å². The average molecular weight is 2290 g/mol. The molecule has 17 aromatic rings. The van der Waals surface area contributed by atoms with Crippen molar-refractivity contribution in [2.45, 2.75) is 115 Å². The number of aryl methyl sites for hydroxylation is 1. The molecule has 25 nitrogen and oxygen atoms in total. The van der Waals surface area contributed by atoms with Gasteiger partial charge in [0.2, 0.25) is 0 Å². The van der Waals surface area contributed by atoms with Gasteiger partial charge in [0.1, 0.15) is 57.3 Å². The Labute approximate surface area is 858 Å². The summed E-state index contributed by atoms with van der Waals surface area (Å²) in [6.45, 7) is 13.8. The van der Waals surface area contributed by atoms with E-state index in [0.29, 0.717) is 78.0 Å². The lowest BCUT2D eigenvalue weighted by molar-refractivity contribution is -0.140. The molecule has 9 heterocycles. The number of ether oxygens (including phenoxy) is 1. The lowest BCUT2D eigenvalue weighted by Gasteiger charge is -2.32. The molecule has 1 aliphatic heterocycles. The first-order valence-corrected chi connectivity index (χ1v) is 47.0. The van der Waals surface area contributed by atoms with Gasteiger partial charge in [-0.2, -0.15) is 72.7 Å². The van der Waals surface area contributed by atoms with E-state index in [-0.39, 0.29) is 48.8 Å². The Morgan fingerprint density at radius 3 is 1.17 bits per heavy atom. The lowest BCUT2D eigenvalue weighted by Crippen LogP contribution is -2.41. The zero-order valence-corrected chi connectivity index (χ0v) is 86.1. The molecular formula is C98H89BBr4ClF16N21O4. The van der Waals surface area contributed by atoms with Crippen molar-refractivity contribution in [2.75, 3.05) is 55.3 Å². The minimum Gasteiger partial charge on any atom is -0.442 e. The van der Waals surface area contributed by atoms with Crippen LogP contribution in [0.2, 0.25) is 5.15 Å². The zero-order chi connectivity index (χ0) is 106. The van der Waals surface area contributed by atoms with Crippen molar-refractivity contribution < 1.29 is 89.1 Å². The van der Waals surface area contributed by atoms with Crippen LogP contribution < -0.4 is 31.2 Å². The second kappa shape index (κ2) is 47.9. The number of nitrogens with one attached hydrogen (secondary N) is 2. The summed E-state index contributed by atoms with van der Waals surface area (Å²) in [5, 5.41) is 18.5. The Bertz CT molecular complexity index is 7320. The van der Waals surface area contributed by atoms with Crippen molar-refractivity contribution in [1.82, 2.24) is 79.6 Å². The fourth-order valence-corrected chi connectivity index (χ4v) is 14.9. The average Bonchev–Trinajstić information content (AvgIpc) is 1.62. The van der Waals surface area contributed by atoms with Gasteiger partial charge in [0.25, 0.3) is 0 Å². The van der Waals surface area contributed by atoms with Gasteiger partial charge in [0.05, 0.1) is 132 Å². The summed E-state index contributed by atoms with van der Waals surface area (Å²) in [5.41, 5.74) is 11.1. The largest absolute Gasteiger partial charge is 0.498 e. The van der Waals surface area contributed by atoms with Crippen molar-refractivity contribution in [3.8, 4) is 22.3 Å². The van der Waals surface area contributed by atoms with Crippen LogP contribution in [0.5, 0.6) is 0 Å². The van der Waals surface area contributed by atoms with E-state index in [1.165, 1.54) is 43.7 Å². The van der Waals surface area contributed by atoms with E-state index in [0.717, 1.165) is 117 Å². The number of anilines is 4. The molecule has 0 amide bonds. The van der Waals surface area contributed by atoms with Crippen molar-refractivity contribution in [2.24, 2.45) is 12.8 Å². The number of carbonyl (C=O) groups excluding carboxylic acids is 1. The Hall–Kier alpha value is -13.0. The van der Waals surface area contributed by atoms with Gasteiger partial charge in [-0.05, 0) is 216 Å². The maximum absolute atomic E-state index is 13.6. The highest BCUT2D eigenvalue weighted by Gasteiger charge is 2.52. The van der Waals surface area contributed by atoms with Gasteiger partial charge in [-0.1, -0.05) is 112 Å². The first-order valence-electron chi connectivity index (χ1n) is 43.1. The first kappa shape index (κ1) is 112. The second-order valence-electron chi connectivity index (χ2n) is 33.8. The number of hydrogen-bond acceptors (Lipinski definition) is 22. The molecule has 18 rings (SSSR count). The summed E-state index contributed by atoms with van der Waals surface area (Å²) >= 11 is 18.8. The van der Waals surface area contributed by atoms with Crippen LogP contribution in [0.4, 0.5) is 98.3 Å². The number of rotatable bonds is 14. The number of benzene rings is 9. The molecule has 760 valence electrons. The molecular weight excluding hydrogens is 2210 g/mol. The molecule has 4 N–H and O–H groups in total. The van der Waals surface area contributed by atoms with Crippen LogP contribution in [-0.4, -0.2) is 145 Å². The molecule has 0 atom stereocenters. The summed E-state index contributed by atoms with van der Waals surface area (Å²) in [6, 6.07) is 39.7. The van der Waals surface area contributed by atoms with Crippen LogP contribution in [0.3, 0.4) is 0 Å². The SMILES string of the molecule is CN.CN(Cc1ccc(F)c(C(F)(F)F)c1)c1cnc2cc(-c3cn[nH]c3)ccc2n1.CN(Cc1ccc(F)c(C(F)(F)F)c1)c1cnc2cc(-c3cnn(C(=O)OC(C)(C)C)c3)ccc2n1.CN(Cc1ccc(F)c(C(F)(F)F)c1)c1cnc2cc(Br)ccc2n1.CNc1cnc2cc(Br)ccc2n1.Clc1cnc2cc(Br)ccc2n1.Cn1cc(B2OC(C)(C)C(C)(C)O2)cn1.Fc1ccc(CBr)cc1C(F)(F)F. The van der Waals surface area contributed by atoms with Crippen molar-refractivity contribution in [1.29, 1.82) is 0 Å². The Kier molecular flexibility index (Phi) is 37.1. The fraction of sp³-hybridized carbons (Fsp3) is 0.245. The predicted octanol–water partition coefficient (Wildman–Crippen LogP) is 25.6. The number of hydrogen-bond donors (Lipinski definition) is 3. The van der Waals surface area contributed by atoms with Crippen molar-refractivity contribution in [3.05, 3.63) is 318 Å². The molecule has 0 radical (unpaired) electrons. The van der Waals surface area contributed by atoms with Gasteiger partial charge in [0, 0.05) is 115 Å². The summed E-state index contributed by atoms with van der Waals surface area (Å²) in [7, 11) is 9.94. The summed E-state index contributed by atoms with van der Waals surface area (Å²) < 4.78 is 229. The first-order chi connectivity index (χ1) is 68.2. The number of aromatic nitrogens is 16. The Morgan fingerprint density at radius 1 is 0.448 bits per heavy atom.